The van der Waals surface area contributed by atoms with Crippen molar-refractivity contribution in [3.05, 3.63) is 80.4 Å². The second kappa shape index (κ2) is 9.71. The van der Waals surface area contributed by atoms with Crippen molar-refractivity contribution in [1.82, 2.24) is 4.57 Å². The molecule has 148 valence electrons. The number of benzene rings is 1. The maximum absolute atomic E-state index is 12.5. The summed E-state index contributed by atoms with van der Waals surface area (Å²) in [6, 6.07) is 14.7. The molecule has 0 atom stereocenters. The molecule has 0 bridgehead atoms. The monoisotopic (exact) mass is 407 g/mol. The maximum Gasteiger partial charge on any atom is 0.254 e. The average molecular weight is 407 g/mol. The fourth-order valence-corrected chi connectivity index (χ4v) is 3.56. The summed E-state index contributed by atoms with van der Waals surface area (Å²) in [5, 5.41) is 13.4. The Labute approximate surface area is 173 Å². The van der Waals surface area contributed by atoms with Crippen LogP contribution in [0.15, 0.2) is 58.8 Å². The van der Waals surface area contributed by atoms with Gasteiger partial charge in [0.1, 0.15) is 12.2 Å². The normalized spacial score (nSPS) is 10.3. The molecule has 7 heteroatoms. The van der Waals surface area contributed by atoms with E-state index in [1.54, 1.807) is 34.2 Å². The lowest BCUT2D eigenvalue weighted by atomic mass is 10.1. The highest BCUT2D eigenvalue weighted by Gasteiger charge is 2.09. The summed E-state index contributed by atoms with van der Waals surface area (Å²) in [7, 11) is 0. The number of amides is 1. The van der Waals surface area contributed by atoms with Crippen LogP contribution >= 0.6 is 11.3 Å². The van der Waals surface area contributed by atoms with E-state index in [9.17, 15) is 9.59 Å². The van der Waals surface area contributed by atoms with Gasteiger partial charge in [0.05, 0.1) is 19.2 Å². The highest BCUT2D eigenvalue weighted by molar-refractivity contribution is 7.09. The number of hydrogen-bond acceptors (Lipinski definition) is 5. The molecule has 0 radical (unpaired) electrons. The van der Waals surface area contributed by atoms with Gasteiger partial charge in [-0.3, -0.25) is 9.59 Å². The van der Waals surface area contributed by atoms with E-state index < -0.39 is 0 Å². The SMILES string of the molecule is Cc1c(Cn2ccc(OCCc3cccs3)cc2=O)cccc1NC(=O)CC#N. The average Bonchev–Trinajstić information content (AvgIpc) is 3.20. The quantitative estimate of drug-likeness (QED) is 0.616. The van der Waals surface area contributed by atoms with Crippen molar-refractivity contribution >= 4 is 22.9 Å². The van der Waals surface area contributed by atoms with Crippen LogP contribution in [0.25, 0.3) is 0 Å². The molecular weight excluding hydrogens is 386 g/mol. The Balaban J connectivity index is 1.66. The summed E-state index contributed by atoms with van der Waals surface area (Å²) in [6.45, 7) is 2.78. The third-order valence-corrected chi connectivity index (χ3v) is 5.40. The second-order valence-corrected chi connectivity index (χ2v) is 7.51. The largest absolute Gasteiger partial charge is 0.493 e. The molecule has 6 nitrogen and oxygen atoms in total. The van der Waals surface area contributed by atoms with Gasteiger partial charge in [-0.05, 0) is 41.6 Å². The standard InChI is InChI=1S/C22H21N3O3S/c1-16-17(4-2-6-20(16)24-21(26)7-10-23)15-25-11-8-18(14-22(25)27)28-12-9-19-5-3-13-29-19/h2-6,8,11,13-14H,7,9,12,15H2,1H3,(H,24,26). The molecule has 0 unspecified atom stereocenters. The molecule has 0 aliphatic heterocycles. The molecule has 3 aromatic rings. The highest BCUT2D eigenvalue weighted by atomic mass is 32.1. The van der Waals surface area contributed by atoms with Crippen LogP contribution in [0.5, 0.6) is 5.75 Å². The van der Waals surface area contributed by atoms with Gasteiger partial charge < -0.3 is 14.6 Å². The van der Waals surface area contributed by atoms with Crippen molar-refractivity contribution in [2.45, 2.75) is 26.3 Å². The van der Waals surface area contributed by atoms with E-state index >= 15 is 0 Å². The molecule has 3 rings (SSSR count). The van der Waals surface area contributed by atoms with Crippen LogP contribution < -0.4 is 15.6 Å². The fraction of sp³-hybridized carbons (Fsp3) is 0.227. The molecule has 1 aromatic carbocycles. The lowest BCUT2D eigenvalue weighted by Crippen LogP contribution is -2.20. The zero-order chi connectivity index (χ0) is 20.6. The third kappa shape index (κ3) is 5.56. The van der Waals surface area contributed by atoms with Gasteiger partial charge in [-0.2, -0.15) is 5.26 Å². The Kier molecular flexibility index (Phi) is 6.82. The Morgan fingerprint density at radius 2 is 2.14 bits per heavy atom. The molecule has 0 aliphatic rings. The number of nitrogens with zero attached hydrogens (tertiary/aromatic N) is 2. The van der Waals surface area contributed by atoms with Gasteiger partial charge in [-0.1, -0.05) is 18.2 Å². The zero-order valence-electron chi connectivity index (χ0n) is 16.1. The maximum atomic E-state index is 12.5. The number of thiophene rings is 1. The number of hydrogen-bond donors (Lipinski definition) is 1. The first-order valence-electron chi connectivity index (χ1n) is 9.18. The molecule has 0 spiro atoms. The Morgan fingerprint density at radius 3 is 2.86 bits per heavy atom. The summed E-state index contributed by atoms with van der Waals surface area (Å²) < 4.78 is 7.29. The highest BCUT2D eigenvalue weighted by Crippen LogP contribution is 2.20. The summed E-state index contributed by atoms with van der Waals surface area (Å²) in [5.41, 5.74) is 2.26. The zero-order valence-corrected chi connectivity index (χ0v) is 16.9. The minimum absolute atomic E-state index is 0.156. The Hall–Kier alpha value is -3.37. The topological polar surface area (TPSA) is 84.1 Å². The molecule has 29 heavy (non-hydrogen) atoms. The van der Waals surface area contributed by atoms with Crippen molar-refractivity contribution in [1.29, 1.82) is 5.26 Å². The molecular formula is C22H21N3O3S. The molecule has 0 fully saturated rings. The van der Waals surface area contributed by atoms with Crippen LogP contribution in [0.2, 0.25) is 0 Å². The van der Waals surface area contributed by atoms with Gasteiger partial charge in [0.2, 0.25) is 5.91 Å². The summed E-state index contributed by atoms with van der Waals surface area (Å²) in [4.78, 5) is 25.4. The molecule has 0 aliphatic carbocycles. The van der Waals surface area contributed by atoms with Crippen LogP contribution in [-0.4, -0.2) is 17.1 Å². The van der Waals surface area contributed by atoms with Crippen molar-refractivity contribution in [3.63, 3.8) is 0 Å². The molecule has 0 saturated carbocycles. The van der Waals surface area contributed by atoms with Gasteiger partial charge in [0.15, 0.2) is 0 Å². The Morgan fingerprint density at radius 1 is 1.28 bits per heavy atom. The first-order valence-corrected chi connectivity index (χ1v) is 10.1. The van der Waals surface area contributed by atoms with Crippen molar-refractivity contribution in [2.75, 3.05) is 11.9 Å². The predicted molar refractivity (Wildman–Crippen MR) is 113 cm³/mol. The number of ether oxygens (including phenoxy) is 1. The van der Waals surface area contributed by atoms with Crippen LogP contribution in [0.4, 0.5) is 5.69 Å². The van der Waals surface area contributed by atoms with Crippen LogP contribution in [-0.2, 0) is 17.8 Å². The van der Waals surface area contributed by atoms with Gasteiger partial charge in [-0.15, -0.1) is 11.3 Å². The first kappa shape index (κ1) is 20.4. The number of carbonyl (C=O) groups is 1. The summed E-state index contributed by atoms with van der Waals surface area (Å²) in [6.07, 6.45) is 2.32. The smallest absolute Gasteiger partial charge is 0.254 e. The van der Waals surface area contributed by atoms with E-state index in [1.807, 2.05) is 36.6 Å². The number of nitriles is 1. The van der Waals surface area contributed by atoms with E-state index in [0.29, 0.717) is 24.6 Å². The predicted octanol–water partition coefficient (Wildman–Crippen LogP) is 3.74. The van der Waals surface area contributed by atoms with Gasteiger partial charge >= 0.3 is 0 Å². The lowest BCUT2D eigenvalue weighted by Gasteiger charge is -2.14. The fourth-order valence-electron chi connectivity index (χ4n) is 2.87. The van der Waals surface area contributed by atoms with E-state index in [-0.39, 0.29) is 17.9 Å². The second-order valence-electron chi connectivity index (χ2n) is 6.48. The minimum atomic E-state index is -0.353. The van der Waals surface area contributed by atoms with Gasteiger partial charge in [0, 0.05) is 29.2 Å². The van der Waals surface area contributed by atoms with E-state index in [2.05, 4.69) is 11.4 Å². The number of rotatable bonds is 8. The van der Waals surface area contributed by atoms with Gasteiger partial charge in [0.25, 0.3) is 5.56 Å². The Bertz CT molecular complexity index is 1080. The molecule has 1 N–H and O–H groups in total. The van der Waals surface area contributed by atoms with E-state index in [0.717, 1.165) is 17.5 Å². The van der Waals surface area contributed by atoms with Crippen LogP contribution in [0.3, 0.4) is 0 Å². The number of nitrogens with one attached hydrogen (secondary N) is 1. The van der Waals surface area contributed by atoms with Gasteiger partial charge in [-0.25, -0.2) is 0 Å². The lowest BCUT2D eigenvalue weighted by molar-refractivity contribution is -0.115. The number of anilines is 1. The van der Waals surface area contributed by atoms with E-state index in [4.69, 9.17) is 10.00 Å². The molecule has 1 amide bonds. The number of pyridine rings is 1. The first-order chi connectivity index (χ1) is 14.1. The minimum Gasteiger partial charge on any atom is -0.493 e. The van der Waals surface area contributed by atoms with E-state index in [1.165, 1.54) is 10.9 Å². The third-order valence-electron chi connectivity index (χ3n) is 4.47. The van der Waals surface area contributed by atoms with Crippen molar-refractivity contribution in [2.24, 2.45) is 0 Å². The van der Waals surface area contributed by atoms with Crippen LogP contribution in [0, 0.1) is 18.3 Å². The molecule has 2 heterocycles. The molecule has 2 aromatic heterocycles. The summed E-state index contributed by atoms with van der Waals surface area (Å²) in [5.74, 6) is 0.200. The summed E-state index contributed by atoms with van der Waals surface area (Å²) >= 11 is 1.69. The van der Waals surface area contributed by atoms with Crippen molar-refractivity contribution < 1.29 is 9.53 Å². The van der Waals surface area contributed by atoms with Crippen molar-refractivity contribution in [3.8, 4) is 11.8 Å². The number of aromatic nitrogens is 1. The number of carbonyl (C=O) groups excluding carboxylic acids is 1. The molecule has 0 saturated heterocycles. The van der Waals surface area contributed by atoms with Crippen LogP contribution in [0.1, 0.15) is 22.4 Å².